The molecule has 2 N–H and O–H groups in total. The largest absolute Gasteiger partial charge is 0.497 e. The minimum absolute atomic E-state index is 0.0543. The molecule has 3 heterocycles. The number of amides is 1. The monoisotopic (exact) mass is 988 g/mol. The van der Waals surface area contributed by atoms with Gasteiger partial charge in [-0.25, -0.2) is 19.8 Å². The predicted molar refractivity (Wildman–Crippen MR) is 275 cm³/mol. The van der Waals surface area contributed by atoms with E-state index in [1.165, 1.54) is 6.33 Å². The van der Waals surface area contributed by atoms with E-state index in [4.69, 9.17) is 37.9 Å². The fourth-order valence-electron chi connectivity index (χ4n) is 8.95. The van der Waals surface area contributed by atoms with Crippen LogP contribution in [0.2, 0.25) is 18.1 Å². The van der Waals surface area contributed by atoms with Crippen molar-refractivity contribution < 1.29 is 37.6 Å². The molecule has 17 heteroatoms. The summed E-state index contributed by atoms with van der Waals surface area (Å²) in [5.74, 6) is 1.23. The van der Waals surface area contributed by atoms with Crippen LogP contribution in [0.3, 0.4) is 0 Å². The number of imidazole rings is 1. The number of rotatable bonds is 20. The van der Waals surface area contributed by atoms with Gasteiger partial charge in [0.05, 0.1) is 39.6 Å². The maximum absolute atomic E-state index is 13.5. The number of nitrogens with one attached hydrogen (secondary N) is 1. The van der Waals surface area contributed by atoms with E-state index in [9.17, 15) is 14.9 Å². The van der Waals surface area contributed by atoms with Crippen LogP contribution in [0.5, 0.6) is 11.5 Å². The average Bonchev–Trinajstić information content (AvgIpc) is 3.92. The van der Waals surface area contributed by atoms with E-state index in [0.29, 0.717) is 28.2 Å². The second-order valence-electron chi connectivity index (χ2n) is 19.5. The number of ether oxygens (including phenoxy) is 4. The molecular formula is C53H67N7O8PSi+. The molecule has 4 aromatic carbocycles. The number of fused-ring (bicyclic) bond motifs is 1. The van der Waals surface area contributed by atoms with Crippen molar-refractivity contribution in [3.8, 4) is 17.6 Å². The van der Waals surface area contributed by atoms with Crippen LogP contribution in [0.15, 0.2) is 122 Å². The Labute approximate surface area is 413 Å². The number of benzene rings is 4. The molecule has 1 amide bonds. The van der Waals surface area contributed by atoms with Crippen molar-refractivity contribution in [1.82, 2.24) is 24.2 Å². The molecule has 1 unspecified atom stereocenters. The summed E-state index contributed by atoms with van der Waals surface area (Å²) in [5, 5.41) is 12.7. The van der Waals surface area contributed by atoms with Crippen molar-refractivity contribution in [2.75, 3.05) is 32.3 Å². The maximum Gasteiger partial charge on any atom is 0.347 e. The summed E-state index contributed by atoms with van der Waals surface area (Å²) < 4.78 is 44.7. The van der Waals surface area contributed by atoms with Gasteiger partial charge in [-0.1, -0.05) is 93.6 Å². The van der Waals surface area contributed by atoms with E-state index in [0.717, 1.165) is 16.7 Å². The molecule has 6 aromatic rings. The summed E-state index contributed by atoms with van der Waals surface area (Å²) >= 11 is 0. The minimum Gasteiger partial charge on any atom is -0.497 e. The lowest BCUT2D eigenvalue weighted by Crippen LogP contribution is -2.51. The molecule has 0 saturated carbocycles. The summed E-state index contributed by atoms with van der Waals surface area (Å²) in [4.78, 5) is 40.6. The van der Waals surface area contributed by atoms with Crippen molar-refractivity contribution in [2.45, 2.75) is 115 Å². The molecule has 2 aromatic heterocycles. The highest BCUT2D eigenvalue weighted by atomic mass is 31.2. The van der Waals surface area contributed by atoms with Gasteiger partial charge in [0.2, 0.25) is 0 Å². The second kappa shape index (κ2) is 21.8. The summed E-state index contributed by atoms with van der Waals surface area (Å²) in [5.41, 5.74) is 2.41. The van der Waals surface area contributed by atoms with Crippen molar-refractivity contribution in [1.29, 1.82) is 5.26 Å². The third-order valence-corrected chi connectivity index (χ3v) is 20.8. The molecule has 0 spiro atoms. The highest BCUT2D eigenvalue weighted by Gasteiger charge is 2.60. The second-order valence-corrected chi connectivity index (χ2v) is 26.7. The Hall–Kier alpha value is -5.60. The minimum atomic E-state index is -3.61. The third kappa shape index (κ3) is 10.8. The fraction of sp³-hybridized carbons (Fsp3) is 0.415. The highest BCUT2D eigenvalue weighted by molar-refractivity contribution is 7.63. The lowest BCUT2D eigenvalue weighted by molar-refractivity contribution is -0.0928. The van der Waals surface area contributed by atoms with Crippen molar-refractivity contribution >= 4 is 39.1 Å². The molecular weight excluding hydrogens is 922 g/mol. The Morgan fingerprint density at radius 1 is 0.843 bits per heavy atom. The van der Waals surface area contributed by atoms with Gasteiger partial charge in [-0.3, -0.25) is 9.36 Å². The molecule has 1 aliphatic heterocycles. The van der Waals surface area contributed by atoms with E-state index in [1.807, 2.05) is 117 Å². The number of methoxy groups -OCH3 is 2. The van der Waals surface area contributed by atoms with Gasteiger partial charge in [-0.05, 0) is 98.9 Å². The lowest BCUT2D eigenvalue weighted by atomic mass is 9.80. The van der Waals surface area contributed by atoms with Crippen LogP contribution in [0.1, 0.15) is 88.2 Å². The summed E-state index contributed by atoms with van der Waals surface area (Å²) in [6.07, 6.45) is -0.599. The van der Waals surface area contributed by atoms with Crippen LogP contribution in [-0.4, -0.2) is 101 Å². The van der Waals surface area contributed by atoms with Crippen molar-refractivity contribution in [3.63, 3.8) is 0 Å². The van der Waals surface area contributed by atoms with Gasteiger partial charge in [-0.15, -0.1) is 4.67 Å². The number of carbonyl (C=O) groups excluding carboxylic acids is 1. The number of carbonyl (C=O) groups is 1. The van der Waals surface area contributed by atoms with E-state index >= 15 is 0 Å². The Morgan fingerprint density at radius 2 is 1.40 bits per heavy atom. The summed E-state index contributed by atoms with van der Waals surface area (Å²) in [6.45, 7) is 18.8. The number of hydrogen-bond donors (Lipinski definition) is 2. The van der Waals surface area contributed by atoms with Gasteiger partial charge >= 0.3 is 7.87 Å². The molecule has 1 fully saturated rings. The SMILES string of the molecule is COc1ccc(C(OC[C@H]2O[C@@H](n3cnc4c(NC(=O)c5ccccc5)ncnc43)[C@H](O[Si](C)(C)C(C)(C)C)[C@@H]2O[P+](O)(CCC#N)N(C(C)C)C(C)C)(c2ccccc2)c2ccc(OC)cc2)cc1. The quantitative estimate of drug-likeness (QED) is 0.0420. The number of nitrogens with zero attached hydrogens (tertiary/aromatic N) is 6. The smallest absolute Gasteiger partial charge is 0.347 e. The number of hydrogen-bond acceptors (Lipinski definition) is 13. The van der Waals surface area contributed by atoms with Crippen LogP contribution >= 0.6 is 7.87 Å². The molecule has 0 aliphatic carbocycles. The summed E-state index contributed by atoms with van der Waals surface area (Å²) in [6, 6.07) is 36.4. The maximum atomic E-state index is 13.5. The predicted octanol–water partition coefficient (Wildman–Crippen LogP) is 10.6. The molecule has 1 saturated heterocycles. The van der Waals surface area contributed by atoms with Crippen LogP contribution in [0.4, 0.5) is 5.82 Å². The first-order valence-corrected chi connectivity index (χ1v) is 28.4. The first kappa shape index (κ1) is 52.2. The highest BCUT2D eigenvalue weighted by Crippen LogP contribution is 2.64. The van der Waals surface area contributed by atoms with E-state index in [1.54, 1.807) is 49.4 Å². The molecule has 0 radical (unpaired) electrons. The normalized spacial score (nSPS) is 18.5. The molecule has 0 bridgehead atoms. The van der Waals surface area contributed by atoms with Crippen molar-refractivity contribution in [3.05, 3.63) is 144 Å². The van der Waals surface area contributed by atoms with Gasteiger partial charge < -0.3 is 28.7 Å². The van der Waals surface area contributed by atoms with E-state index in [2.05, 4.69) is 50.2 Å². The van der Waals surface area contributed by atoms with Crippen molar-refractivity contribution in [2.24, 2.45) is 0 Å². The van der Waals surface area contributed by atoms with Crippen LogP contribution in [0, 0.1) is 11.3 Å². The molecule has 70 heavy (non-hydrogen) atoms. The van der Waals surface area contributed by atoms with E-state index < -0.39 is 46.3 Å². The average molecular weight is 989 g/mol. The number of anilines is 1. The van der Waals surface area contributed by atoms with Gasteiger partial charge in [0.15, 0.2) is 37.6 Å². The van der Waals surface area contributed by atoms with Gasteiger partial charge in [-0.2, -0.15) is 9.79 Å². The Bertz CT molecular complexity index is 2660. The number of nitriles is 1. The molecule has 1 aliphatic rings. The standard InChI is InChI=1S/C53H66N7O8PSi/c1-36(2)60(37(3)4)69(62,32-18-31-54)67-46-44(33-65-53(39-21-16-13-17-22-39,40-23-27-42(63-8)28-24-40)41-25-29-43(64-9)30-26-41)66-51(47(46)68-70(10,11)52(5,6)7)59-35-57-45-48(55-34-56-49(45)59)58-50(61)38-19-14-12-15-20-38/h12-17,19-30,34-37,44,46-47,51,62H,18,32-33H2,1-11H3/p+1/t44-,46-,47-,51-,69?/m1/s1. The van der Waals surface area contributed by atoms with E-state index in [-0.39, 0.29) is 48.0 Å². The fourth-order valence-corrected chi connectivity index (χ4v) is 13.2. The zero-order valence-corrected chi connectivity index (χ0v) is 44.0. The lowest BCUT2D eigenvalue weighted by Gasteiger charge is -2.42. The summed E-state index contributed by atoms with van der Waals surface area (Å²) in [7, 11) is -3.07. The molecule has 5 atom stereocenters. The number of aromatic nitrogens is 4. The van der Waals surface area contributed by atoms with Crippen LogP contribution < -0.4 is 14.8 Å². The molecule has 370 valence electrons. The topological polar surface area (TPSA) is 175 Å². The Kier molecular flexibility index (Phi) is 16.3. The third-order valence-electron chi connectivity index (χ3n) is 13.3. The Balaban J connectivity index is 1.43. The first-order valence-electron chi connectivity index (χ1n) is 23.7. The van der Waals surface area contributed by atoms with Gasteiger partial charge in [0.25, 0.3) is 5.91 Å². The zero-order chi connectivity index (χ0) is 50.4. The van der Waals surface area contributed by atoms with Crippen LogP contribution in [-0.2, 0) is 24.0 Å². The zero-order valence-electron chi connectivity index (χ0n) is 42.1. The van der Waals surface area contributed by atoms with Gasteiger partial charge in [0, 0.05) is 17.6 Å². The molecule has 7 rings (SSSR count). The Morgan fingerprint density at radius 3 is 1.93 bits per heavy atom. The molecule has 15 nitrogen and oxygen atoms in total. The van der Waals surface area contributed by atoms with Crippen LogP contribution in [0.25, 0.3) is 11.2 Å². The van der Waals surface area contributed by atoms with Gasteiger partial charge in [0.1, 0.15) is 41.8 Å². The first-order chi connectivity index (χ1) is 33.4.